The molecule has 0 bridgehead atoms. The Hall–Kier alpha value is -3.53. The minimum atomic E-state index is -0.0671. The minimum Gasteiger partial charge on any atom is -0.361 e. The number of hydrogen-bond donors (Lipinski definition) is 3. The SMILES string of the molecule is CCCCc1ccc(Nc2ccccc2C(=O)NCCc2c[nH]c3ccccc23)cc1. The molecule has 4 heteroatoms. The summed E-state index contributed by atoms with van der Waals surface area (Å²) in [6.07, 6.45) is 6.31. The molecule has 31 heavy (non-hydrogen) atoms. The number of rotatable bonds is 9. The van der Waals surface area contributed by atoms with Crippen LogP contribution in [0.3, 0.4) is 0 Å². The van der Waals surface area contributed by atoms with Crippen molar-refractivity contribution in [3.05, 3.63) is 95.7 Å². The highest BCUT2D eigenvalue weighted by molar-refractivity contribution is 6.00. The Labute approximate surface area is 183 Å². The van der Waals surface area contributed by atoms with Crippen LogP contribution in [0.25, 0.3) is 10.9 Å². The van der Waals surface area contributed by atoms with Gasteiger partial charge in [0.05, 0.1) is 11.3 Å². The van der Waals surface area contributed by atoms with E-state index in [9.17, 15) is 4.79 Å². The summed E-state index contributed by atoms with van der Waals surface area (Å²) >= 11 is 0. The molecule has 3 N–H and O–H groups in total. The van der Waals surface area contributed by atoms with Crippen LogP contribution in [0, 0.1) is 0 Å². The Morgan fingerprint density at radius 2 is 1.68 bits per heavy atom. The third kappa shape index (κ3) is 5.15. The maximum Gasteiger partial charge on any atom is 0.253 e. The zero-order valence-corrected chi connectivity index (χ0v) is 17.9. The molecule has 1 heterocycles. The minimum absolute atomic E-state index is 0.0671. The Balaban J connectivity index is 1.38. The van der Waals surface area contributed by atoms with E-state index in [1.165, 1.54) is 29.4 Å². The number of carbonyl (C=O) groups excluding carboxylic acids is 1. The number of amides is 1. The second-order valence-electron chi connectivity index (χ2n) is 7.84. The van der Waals surface area contributed by atoms with E-state index in [-0.39, 0.29) is 5.91 Å². The van der Waals surface area contributed by atoms with Crippen molar-refractivity contribution < 1.29 is 4.79 Å². The Morgan fingerprint density at radius 3 is 2.52 bits per heavy atom. The van der Waals surface area contributed by atoms with Crippen LogP contribution in [0.2, 0.25) is 0 Å². The molecule has 0 fully saturated rings. The molecule has 0 aliphatic rings. The highest BCUT2D eigenvalue weighted by atomic mass is 16.1. The van der Waals surface area contributed by atoms with Crippen molar-refractivity contribution in [3.63, 3.8) is 0 Å². The Morgan fingerprint density at radius 1 is 0.903 bits per heavy atom. The summed E-state index contributed by atoms with van der Waals surface area (Å²) < 4.78 is 0. The standard InChI is InChI=1S/C27H29N3O/c1-2-3-8-20-13-15-22(16-14-20)30-26-12-7-5-10-24(26)27(31)28-18-17-21-19-29-25-11-6-4-9-23(21)25/h4-7,9-16,19,29-30H,2-3,8,17-18H2,1H3,(H,28,31). The van der Waals surface area contributed by atoms with Crippen LogP contribution in [0.1, 0.15) is 41.3 Å². The molecule has 158 valence electrons. The van der Waals surface area contributed by atoms with Gasteiger partial charge in [-0.3, -0.25) is 4.79 Å². The lowest BCUT2D eigenvalue weighted by molar-refractivity contribution is 0.0955. The van der Waals surface area contributed by atoms with Gasteiger partial charge in [-0.2, -0.15) is 0 Å². The van der Waals surface area contributed by atoms with E-state index in [0.717, 1.165) is 29.7 Å². The van der Waals surface area contributed by atoms with Gasteiger partial charge in [0.1, 0.15) is 0 Å². The number of fused-ring (bicyclic) bond motifs is 1. The molecule has 3 aromatic carbocycles. The van der Waals surface area contributed by atoms with Gasteiger partial charge in [-0.15, -0.1) is 0 Å². The van der Waals surface area contributed by atoms with Crippen molar-refractivity contribution in [1.82, 2.24) is 10.3 Å². The van der Waals surface area contributed by atoms with E-state index in [1.807, 2.05) is 42.6 Å². The summed E-state index contributed by atoms with van der Waals surface area (Å²) in [5.74, 6) is -0.0671. The lowest BCUT2D eigenvalue weighted by Gasteiger charge is -2.13. The molecule has 0 saturated heterocycles. The molecule has 0 aliphatic heterocycles. The largest absolute Gasteiger partial charge is 0.361 e. The van der Waals surface area contributed by atoms with Crippen molar-refractivity contribution in [2.45, 2.75) is 32.6 Å². The van der Waals surface area contributed by atoms with Crippen molar-refractivity contribution in [3.8, 4) is 0 Å². The van der Waals surface area contributed by atoms with Crippen molar-refractivity contribution >= 4 is 28.2 Å². The lowest BCUT2D eigenvalue weighted by atomic mass is 10.1. The summed E-state index contributed by atoms with van der Waals surface area (Å²) in [6, 6.07) is 24.3. The van der Waals surface area contributed by atoms with E-state index >= 15 is 0 Å². The van der Waals surface area contributed by atoms with Gasteiger partial charge in [0, 0.05) is 29.3 Å². The van der Waals surface area contributed by atoms with Crippen LogP contribution in [0.5, 0.6) is 0 Å². The normalized spacial score (nSPS) is 10.9. The third-order valence-corrected chi connectivity index (χ3v) is 5.58. The average Bonchev–Trinajstić information content (AvgIpc) is 3.22. The predicted octanol–water partition coefficient (Wildman–Crippen LogP) is 6.23. The number of unbranched alkanes of at least 4 members (excludes halogenated alkanes) is 1. The molecule has 0 spiro atoms. The van der Waals surface area contributed by atoms with Gasteiger partial charge in [-0.1, -0.05) is 55.8 Å². The number of H-pyrrole nitrogens is 1. The molecule has 4 nitrogen and oxygen atoms in total. The molecule has 4 aromatic rings. The Kier molecular flexibility index (Phi) is 6.68. The third-order valence-electron chi connectivity index (χ3n) is 5.58. The topological polar surface area (TPSA) is 56.9 Å². The van der Waals surface area contributed by atoms with Gasteiger partial charge in [0.25, 0.3) is 5.91 Å². The summed E-state index contributed by atoms with van der Waals surface area (Å²) in [5, 5.41) is 7.68. The second-order valence-corrected chi connectivity index (χ2v) is 7.84. The van der Waals surface area contributed by atoms with Gasteiger partial charge in [-0.25, -0.2) is 0 Å². The maximum absolute atomic E-state index is 12.9. The van der Waals surface area contributed by atoms with Crippen molar-refractivity contribution in [2.75, 3.05) is 11.9 Å². The zero-order chi connectivity index (χ0) is 21.5. The molecule has 0 aliphatic carbocycles. The lowest BCUT2D eigenvalue weighted by Crippen LogP contribution is -2.26. The van der Waals surface area contributed by atoms with E-state index in [1.54, 1.807) is 0 Å². The summed E-state index contributed by atoms with van der Waals surface area (Å²) in [5.41, 5.74) is 6.13. The average molecular weight is 412 g/mol. The fourth-order valence-corrected chi connectivity index (χ4v) is 3.83. The number of anilines is 2. The first kappa shape index (κ1) is 20.7. The number of carbonyl (C=O) groups is 1. The molecular formula is C27H29N3O. The molecule has 0 unspecified atom stereocenters. The van der Waals surface area contributed by atoms with E-state index in [0.29, 0.717) is 12.1 Å². The van der Waals surface area contributed by atoms with Gasteiger partial charge < -0.3 is 15.6 Å². The van der Waals surface area contributed by atoms with Crippen LogP contribution in [0.15, 0.2) is 79.0 Å². The van der Waals surface area contributed by atoms with Gasteiger partial charge in [0.15, 0.2) is 0 Å². The van der Waals surface area contributed by atoms with E-state index in [2.05, 4.69) is 58.9 Å². The van der Waals surface area contributed by atoms with Crippen LogP contribution in [-0.2, 0) is 12.8 Å². The van der Waals surface area contributed by atoms with Crippen LogP contribution < -0.4 is 10.6 Å². The molecular weight excluding hydrogens is 382 g/mol. The molecule has 0 radical (unpaired) electrons. The first-order valence-corrected chi connectivity index (χ1v) is 11.0. The molecule has 1 amide bonds. The number of benzene rings is 3. The van der Waals surface area contributed by atoms with Gasteiger partial charge >= 0.3 is 0 Å². The summed E-state index contributed by atoms with van der Waals surface area (Å²) in [7, 11) is 0. The highest BCUT2D eigenvalue weighted by Gasteiger charge is 2.11. The fourth-order valence-electron chi connectivity index (χ4n) is 3.83. The van der Waals surface area contributed by atoms with Crippen LogP contribution in [-0.4, -0.2) is 17.4 Å². The van der Waals surface area contributed by atoms with Crippen molar-refractivity contribution in [1.29, 1.82) is 0 Å². The number of hydrogen-bond acceptors (Lipinski definition) is 2. The van der Waals surface area contributed by atoms with Gasteiger partial charge in [-0.05, 0) is 60.7 Å². The number of aromatic amines is 1. The zero-order valence-electron chi connectivity index (χ0n) is 17.9. The highest BCUT2D eigenvalue weighted by Crippen LogP contribution is 2.22. The smallest absolute Gasteiger partial charge is 0.253 e. The summed E-state index contributed by atoms with van der Waals surface area (Å²) in [6.45, 7) is 2.79. The molecule has 0 atom stereocenters. The number of aromatic nitrogens is 1. The van der Waals surface area contributed by atoms with Crippen molar-refractivity contribution in [2.24, 2.45) is 0 Å². The van der Waals surface area contributed by atoms with Gasteiger partial charge in [0.2, 0.25) is 0 Å². The molecule has 1 aromatic heterocycles. The fraction of sp³-hybridized carbons (Fsp3) is 0.222. The number of aryl methyl sites for hydroxylation is 1. The Bertz CT molecular complexity index is 1140. The quantitative estimate of drug-likeness (QED) is 0.306. The predicted molar refractivity (Wildman–Crippen MR) is 129 cm³/mol. The first-order chi connectivity index (χ1) is 15.2. The molecule has 4 rings (SSSR count). The van der Waals surface area contributed by atoms with Crippen LogP contribution in [0.4, 0.5) is 11.4 Å². The number of nitrogens with one attached hydrogen (secondary N) is 3. The van der Waals surface area contributed by atoms with Crippen LogP contribution >= 0.6 is 0 Å². The monoisotopic (exact) mass is 411 g/mol. The first-order valence-electron chi connectivity index (χ1n) is 11.0. The van der Waals surface area contributed by atoms with E-state index in [4.69, 9.17) is 0 Å². The maximum atomic E-state index is 12.9. The van der Waals surface area contributed by atoms with E-state index < -0.39 is 0 Å². The second kappa shape index (κ2) is 9.98. The molecule has 0 saturated carbocycles. The summed E-state index contributed by atoms with van der Waals surface area (Å²) in [4.78, 5) is 16.1. The number of para-hydroxylation sites is 2.